The molecule has 0 radical (unpaired) electrons. The molecule has 0 bridgehead atoms. The second-order valence-corrected chi connectivity index (χ2v) is 9.38. The minimum Gasteiger partial charge on any atom is -0.307 e. The number of thiophene rings is 1. The Labute approximate surface area is 133 Å². The molecular weight excluding hydrogens is 276 g/mol. The average molecular weight is 307 g/mol. The zero-order valence-electron chi connectivity index (χ0n) is 14.0. The van der Waals surface area contributed by atoms with Gasteiger partial charge in [-0.25, -0.2) is 0 Å². The summed E-state index contributed by atoms with van der Waals surface area (Å²) in [5.41, 5.74) is 1.76. The van der Waals surface area contributed by atoms with Crippen molar-refractivity contribution >= 4 is 11.3 Å². The Morgan fingerprint density at radius 2 is 1.90 bits per heavy atom. The standard InChI is InChI=1S/C18H30N2S/c1-13-16(8-17(21-13)9-19-18(2,3)4)12-20-10-14-6-5-7-15(14)11-20/h8,14-15,19H,5-7,9-12H2,1-4H3. The molecule has 2 fully saturated rings. The summed E-state index contributed by atoms with van der Waals surface area (Å²) in [6.45, 7) is 13.8. The second kappa shape index (κ2) is 6.02. The van der Waals surface area contributed by atoms with Crippen LogP contribution in [0.3, 0.4) is 0 Å². The number of nitrogens with one attached hydrogen (secondary N) is 1. The molecule has 1 aliphatic heterocycles. The maximum absolute atomic E-state index is 3.60. The normalized spacial score (nSPS) is 26.5. The Morgan fingerprint density at radius 1 is 1.24 bits per heavy atom. The molecule has 1 N–H and O–H groups in total. The van der Waals surface area contributed by atoms with Gasteiger partial charge in [0.15, 0.2) is 0 Å². The van der Waals surface area contributed by atoms with E-state index >= 15 is 0 Å². The molecule has 0 spiro atoms. The number of hydrogen-bond donors (Lipinski definition) is 1. The molecule has 2 aliphatic rings. The summed E-state index contributed by atoms with van der Waals surface area (Å²) in [7, 11) is 0. The molecule has 1 saturated heterocycles. The van der Waals surface area contributed by atoms with Gasteiger partial charge in [-0.15, -0.1) is 11.3 Å². The quantitative estimate of drug-likeness (QED) is 0.898. The molecule has 2 unspecified atom stereocenters. The number of aryl methyl sites for hydroxylation is 1. The summed E-state index contributed by atoms with van der Waals surface area (Å²) >= 11 is 1.97. The first kappa shape index (κ1) is 15.5. The van der Waals surface area contributed by atoms with E-state index in [9.17, 15) is 0 Å². The van der Waals surface area contributed by atoms with Crippen molar-refractivity contribution < 1.29 is 0 Å². The third kappa shape index (κ3) is 3.88. The van der Waals surface area contributed by atoms with Crippen molar-refractivity contribution in [2.75, 3.05) is 13.1 Å². The minimum absolute atomic E-state index is 0.199. The summed E-state index contributed by atoms with van der Waals surface area (Å²) in [6.07, 6.45) is 4.43. The molecule has 3 heteroatoms. The fraction of sp³-hybridized carbons (Fsp3) is 0.778. The number of likely N-dealkylation sites (tertiary alicyclic amines) is 1. The smallest absolute Gasteiger partial charge is 0.0304 e. The monoisotopic (exact) mass is 306 g/mol. The Hall–Kier alpha value is -0.380. The van der Waals surface area contributed by atoms with E-state index in [0.29, 0.717) is 0 Å². The van der Waals surface area contributed by atoms with Gasteiger partial charge in [0, 0.05) is 41.5 Å². The average Bonchev–Trinajstić information content (AvgIpc) is 3.02. The zero-order chi connectivity index (χ0) is 15.0. The molecule has 3 rings (SSSR count). The van der Waals surface area contributed by atoms with Crippen molar-refractivity contribution in [2.45, 2.75) is 65.6 Å². The minimum atomic E-state index is 0.199. The molecule has 2 heterocycles. The first-order chi connectivity index (χ1) is 9.90. The maximum Gasteiger partial charge on any atom is 0.0304 e. The number of rotatable bonds is 4. The van der Waals surface area contributed by atoms with Crippen molar-refractivity contribution in [3.8, 4) is 0 Å². The van der Waals surface area contributed by atoms with Crippen LogP contribution in [0.25, 0.3) is 0 Å². The van der Waals surface area contributed by atoms with Gasteiger partial charge in [-0.2, -0.15) is 0 Å². The van der Waals surface area contributed by atoms with Gasteiger partial charge in [0.2, 0.25) is 0 Å². The topological polar surface area (TPSA) is 15.3 Å². The Morgan fingerprint density at radius 3 is 2.52 bits per heavy atom. The summed E-state index contributed by atoms with van der Waals surface area (Å²) in [5, 5.41) is 3.60. The highest BCUT2D eigenvalue weighted by molar-refractivity contribution is 7.12. The lowest BCUT2D eigenvalue weighted by atomic mass is 10.0. The fourth-order valence-electron chi connectivity index (χ4n) is 3.89. The Balaban J connectivity index is 1.57. The van der Waals surface area contributed by atoms with Crippen LogP contribution < -0.4 is 5.32 Å². The van der Waals surface area contributed by atoms with Crippen molar-refractivity contribution in [3.63, 3.8) is 0 Å². The third-order valence-corrected chi connectivity index (χ3v) is 6.15. The van der Waals surface area contributed by atoms with Gasteiger partial charge < -0.3 is 5.32 Å². The number of hydrogen-bond acceptors (Lipinski definition) is 3. The summed E-state index contributed by atoms with van der Waals surface area (Å²) < 4.78 is 0. The molecule has 0 amide bonds. The lowest BCUT2D eigenvalue weighted by Gasteiger charge is -2.19. The molecule has 1 aromatic heterocycles. The van der Waals surface area contributed by atoms with Crippen molar-refractivity contribution in [3.05, 3.63) is 21.4 Å². The van der Waals surface area contributed by atoms with E-state index in [2.05, 4.69) is 44.0 Å². The highest BCUT2D eigenvalue weighted by Crippen LogP contribution is 2.38. The molecule has 2 atom stereocenters. The van der Waals surface area contributed by atoms with Crippen LogP contribution in [0, 0.1) is 18.8 Å². The fourth-order valence-corrected chi connectivity index (χ4v) is 4.88. The Bertz CT molecular complexity index is 474. The zero-order valence-corrected chi connectivity index (χ0v) is 14.9. The van der Waals surface area contributed by atoms with Crippen LogP contribution in [0.15, 0.2) is 6.07 Å². The summed E-state index contributed by atoms with van der Waals surface area (Å²) in [6, 6.07) is 2.44. The first-order valence-electron chi connectivity index (χ1n) is 8.46. The highest BCUT2D eigenvalue weighted by atomic mass is 32.1. The van der Waals surface area contributed by atoms with E-state index in [1.165, 1.54) is 48.7 Å². The maximum atomic E-state index is 3.60. The van der Waals surface area contributed by atoms with E-state index in [4.69, 9.17) is 0 Å². The molecule has 21 heavy (non-hydrogen) atoms. The largest absolute Gasteiger partial charge is 0.307 e. The first-order valence-corrected chi connectivity index (χ1v) is 9.28. The molecule has 118 valence electrons. The van der Waals surface area contributed by atoms with Gasteiger partial charge in [-0.1, -0.05) is 6.42 Å². The van der Waals surface area contributed by atoms with Crippen LogP contribution in [0.1, 0.15) is 55.4 Å². The van der Waals surface area contributed by atoms with Gasteiger partial charge in [-0.05, 0) is 64.0 Å². The van der Waals surface area contributed by atoms with Crippen molar-refractivity contribution in [1.82, 2.24) is 10.2 Å². The molecule has 1 saturated carbocycles. The van der Waals surface area contributed by atoms with E-state index < -0.39 is 0 Å². The van der Waals surface area contributed by atoms with Gasteiger partial charge in [-0.3, -0.25) is 4.90 Å². The predicted octanol–water partition coefficient (Wildman–Crippen LogP) is 4.18. The van der Waals surface area contributed by atoms with Gasteiger partial charge in [0.05, 0.1) is 0 Å². The third-order valence-electron chi connectivity index (χ3n) is 5.06. The molecular formula is C18H30N2S. The lowest BCUT2D eigenvalue weighted by Crippen LogP contribution is -2.34. The van der Waals surface area contributed by atoms with Gasteiger partial charge in [0.1, 0.15) is 0 Å². The van der Waals surface area contributed by atoms with E-state index in [1.54, 1.807) is 5.56 Å². The number of nitrogens with zero attached hydrogens (tertiary/aromatic N) is 1. The highest BCUT2D eigenvalue weighted by Gasteiger charge is 2.35. The summed E-state index contributed by atoms with van der Waals surface area (Å²) in [4.78, 5) is 5.69. The van der Waals surface area contributed by atoms with E-state index in [0.717, 1.165) is 18.4 Å². The SMILES string of the molecule is Cc1sc(CNC(C)(C)C)cc1CN1CC2CCCC2C1. The van der Waals surface area contributed by atoms with Crippen LogP contribution in [0.5, 0.6) is 0 Å². The van der Waals surface area contributed by atoms with E-state index in [1.807, 2.05) is 11.3 Å². The second-order valence-electron chi connectivity index (χ2n) is 8.04. The van der Waals surface area contributed by atoms with Crippen molar-refractivity contribution in [1.29, 1.82) is 0 Å². The molecule has 1 aromatic rings. The van der Waals surface area contributed by atoms with Crippen LogP contribution in [-0.4, -0.2) is 23.5 Å². The van der Waals surface area contributed by atoms with Gasteiger partial charge >= 0.3 is 0 Å². The van der Waals surface area contributed by atoms with Crippen LogP contribution in [0.4, 0.5) is 0 Å². The number of fused-ring (bicyclic) bond motifs is 1. The van der Waals surface area contributed by atoms with Crippen LogP contribution >= 0.6 is 11.3 Å². The molecule has 1 aliphatic carbocycles. The van der Waals surface area contributed by atoms with Crippen molar-refractivity contribution in [2.24, 2.45) is 11.8 Å². The molecule has 2 nitrogen and oxygen atoms in total. The summed E-state index contributed by atoms with van der Waals surface area (Å²) in [5.74, 6) is 2.01. The Kier molecular flexibility index (Phi) is 4.45. The predicted molar refractivity (Wildman–Crippen MR) is 91.8 cm³/mol. The van der Waals surface area contributed by atoms with Crippen LogP contribution in [0.2, 0.25) is 0 Å². The van der Waals surface area contributed by atoms with Gasteiger partial charge in [0.25, 0.3) is 0 Å². The lowest BCUT2D eigenvalue weighted by molar-refractivity contribution is 0.303. The van der Waals surface area contributed by atoms with Crippen LogP contribution in [-0.2, 0) is 13.1 Å². The molecule has 0 aromatic carbocycles. The van der Waals surface area contributed by atoms with E-state index in [-0.39, 0.29) is 5.54 Å².